The minimum absolute atomic E-state index is 0.891. The highest BCUT2D eigenvalue weighted by molar-refractivity contribution is 6.31. The average Bonchev–Trinajstić information content (AvgIpc) is 1.96. The third kappa shape index (κ3) is 1.74. The van der Waals surface area contributed by atoms with Crippen LogP contribution in [0.5, 0.6) is 0 Å². The van der Waals surface area contributed by atoms with Crippen molar-refractivity contribution >= 4 is 11.6 Å². The van der Waals surface area contributed by atoms with Gasteiger partial charge in [-0.15, -0.1) is 0 Å². The predicted molar refractivity (Wildman–Crippen MR) is 46.1 cm³/mol. The van der Waals surface area contributed by atoms with E-state index >= 15 is 0 Å². The first kappa shape index (κ1) is 7.62. The Bertz CT molecular complexity index is 219. The van der Waals surface area contributed by atoms with Gasteiger partial charge in [0, 0.05) is 5.03 Å². The lowest BCUT2D eigenvalue weighted by molar-refractivity contribution is 1.21. The minimum Gasteiger partial charge on any atom is -0.0844 e. The molecular formula is C9H11Cl. The van der Waals surface area contributed by atoms with Gasteiger partial charge in [0.25, 0.3) is 0 Å². The van der Waals surface area contributed by atoms with E-state index in [0.717, 1.165) is 11.5 Å². The second-order valence-corrected chi connectivity index (χ2v) is 3.03. The number of allylic oxidation sites excluding steroid dienone is 6. The van der Waals surface area contributed by atoms with Gasteiger partial charge in [-0.05, 0) is 31.9 Å². The smallest absolute Gasteiger partial charge is 0.0400 e. The van der Waals surface area contributed by atoms with Crippen LogP contribution in [-0.4, -0.2) is 0 Å². The fourth-order valence-electron chi connectivity index (χ4n) is 0.890. The molecular weight excluding hydrogens is 144 g/mol. The lowest BCUT2D eigenvalue weighted by Crippen LogP contribution is -1.73. The Balaban J connectivity index is 2.96. The fourth-order valence-corrected chi connectivity index (χ4v) is 1.14. The second-order valence-electron chi connectivity index (χ2n) is 2.62. The summed E-state index contributed by atoms with van der Waals surface area (Å²) in [7, 11) is 0. The summed E-state index contributed by atoms with van der Waals surface area (Å²) in [6.45, 7) is 4.11. The van der Waals surface area contributed by atoms with Crippen molar-refractivity contribution < 1.29 is 0 Å². The first-order valence-corrected chi connectivity index (χ1v) is 3.78. The average molecular weight is 155 g/mol. The molecule has 0 saturated carbocycles. The van der Waals surface area contributed by atoms with Crippen LogP contribution in [0.2, 0.25) is 0 Å². The molecule has 1 aliphatic rings. The standard InChI is InChI=1S/C9H11Cl/c1-7-4-3-5-8(2)9(10)6-7/h3-4,6H,5H2,1-2H3. The summed E-state index contributed by atoms with van der Waals surface area (Å²) in [5.74, 6) is 0. The van der Waals surface area contributed by atoms with E-state index in [1.807, 2.05) is 6.08 Å². The number of hydrogen-bond acceptors (Lipinski definition) is 0. The molecule has 0 N–H and O–H groups in total. The second kappa shape index (κ2) is 3.07. The Labute approximate surface area is 66.9 Å². The fraction of sp³-hybridized carbons (Fsp3) is 0.333. The molecule has 0 heterocycles. The monoisotopic (exact) mass is 154 g/mol. The summed E-state index contributed by atoms with van der Waals surface area (Å²) in [5, 5.41) is 0.891. The molecule has 0 spiro atoms. The molecule has 54 valence electrons. The Kier molecular flexibility index (Phi) is 2.34. The highest BCUT2D eigenvalue weighted by atomic mass is 35.5. The summed E-state index contributed by atoms with van der Waals surface area (Å²) in [6, 6.07) is 0. The van der Waals surface area contributed by atoms with E-state index in [4.69, 9.17) is 11.6 Å². The van der Waals surface area contributed by atoms with Crippen molar-refractivity contribution in [3.05, 3.63) is 34.4 Å². The molecule has 0 unspecified atom stereocenters. The van der Waals surface area contributed by atoms with Gasteiger partial charge in [0.2, 0.25) is 0 Å². The van der Waals surface area contributed by atoms with Crippen molar-refractivity contribution in [2.75, 3.05) is 0 Å². The molecule has 10 heavy (non-hydrogen) atoms. The number of hydrogen-bond donors (Lipinski definition) is 0. The van der Waals surface area contributed by atoms with E-state index in [9.17, 15) is 0 Å². The summed E-state index contributed by atoms with van der Waals surface area (Å²) >= 11 is 5.93. The molecule has 1 heteroatoms. The highest BCUT2D eigenvalue weighted by Gasteiger charge is 1.97. The molecule has 0 aliphatic heterocycles. The van der Waals surface area contributed by atoms with Gasteiger partial charge in [-0.3, -0.25) is 0 Å². The highest BCUT2D eigenvalue weighted by Crippen LogP contribution is 2.19. The van der Waals surface area contributed by atoms with Gasteiger partial charge in [-0.2, -0.15) is 0 Å². The normalized spacial score (nSPS) is 18.9. The van der Waals surface area contributed by atoms with Crippen molar-refractivity contribution in [1.82, 2.24) is 0 Å². The van der Waals surface area contributed by atoms with Gasteiger partial charge in [0.1, 0.15) is 0 Å². The van der Waals surface area contributed by atoms with Crippen LogP contribution in [0.1, 0.15) is 20.3 Å². The molecule has 0 nitrogen and oxygen atoms in total. The third-order valence-corrected chi connectivity index (χ3v) is 2.00. The van der Waals surface area contributed by atoms with E-state index in [1.54, 1.807) is 0 Å². The van der Waals surface area contributed by atoms with Crippen molar-refractivity contribution in [3.63, 3.8) is 0 Å². The Hall–Kier alpha value is -0.490. The molecule has 0 bridgehead atoms. The summed E-state index contributed by atoms with van der Waals surface area (Å²) in [4.78, 5) is 0. The molecule has 0 saturated heterocycles. The van der Waals surface area contributed by atoms with Gasteiger partial charge >= 0.3 is 0 Å². The SMILES string of the molecule is CC1=CC(Cl)=C(C)CC=C1. The molecule has 0 amide bonds. The molecule has 0 aromatic rings. The minimum atomic E-state index is 0.891. The van der Waals surface area contributed by atoms with Crippen LogP contribution in [0, 0.1) is 0 Å². The lowest BCUT2D eigenvalue weighted by atomic mass is 10.2. The van der Waals surface area contributed by atoms with Crippen LogP contribution in [0.25, 0.3) is 0 Å². The van der Waals surface area contributed by atoms with E-state index in [2.05, 4.69) is 26.0 Å². The maximum Gasteiger partial charge on any atom is 0.0400 e. The van der Waals surface area contributed by atoms with Crippen LogP contribution >= 0.6 is 11.6 Å². The van der Waals surface area contributed by atoms with Crippen LogP contribution in [-0.2, 0) is 0 Å². The molecule has 0 radical (unpaired) electrons. The van der Waals surface area contributed by atoms with Crippen molar-refractivity contribution in [3.8, 4) is 0 Å². The van der Waals surface area contributed by atoms with Crippen LogP contribution < -0.4 is 0 Å². The Morgan fingerprint density at radius 1 is 1.40 bits per heavy atom. The lowest BCUT2D eigenvalue weighted by Gasteiger charge is -1.94. The molecule has 0 aromatic carbocycles. The molecule has 0 atom stereocenters. The number of rotatable bonds is 0. The maximum absolute atomic E-state index is 5.93. The molecule has 1 aliphatic carbocycles. The molecule has 0 aromatic heterocycles. The van der Waals surface area contributed by atoms with Gasteiger partial charge in [0.15, 0.2) is 0 Å². The number of halogens is 1. The first-order valence-electron chi connectivity index (χ1n) is 3.40. The van der Waals surface area contributed by atoms with E-state index in [1.165, 1.54) is 11.1 Å². The van der Waals surface area contributed by atoms with Gasteiger partial charge in [-0.25, -0.2) is 0 Å². The van der Waals surface area contributed by atoms with Gasteiger partial charge in [-0.1, -0.05) is 29.3 Å². The quantitative estimate of drug-likeness (QED) is 0.502. The van der Waals surface area contributed by atoms with Gasteiger partial charge < -0.3 is 0 Å². The first-order chi connectivity index (χ1) is 4.70. The maximum atomic E-state index is 5.93. The van der Waals surface area contributed by atoms with Crippen LogP contribution in [0.4, 0.5) is 0 Å². The van der Waals surface area contributed by atoms with Gasteiger partial charge in [0.05, 0.1) is 0 Å². The zero-order valence-electron chi connectivity index (χ0n) is 6.32. The molecule has 0 fully saturated rings. The predicted octanol–water partition coefficient (Wildman–Crippen LogP) is 3.41. The zero-order chi connectivity index (χ0) is 7.56. The van der Waals surface area contributed by atoms with Crippen molar-refractivity contribution in [1.29, 1.82) is 0 Å². The Morgan fingerprint density at radius 2 is 2.10 bits per heavy atom. The summed E-state index contributed by atoms with van der Waals surface area (Å²) in [6.07, 6.45) is 7.21. The Morgan fingerprint density at radius 3 is 2.80 bits per heavy atom. The van der Waals surface area contributed by atoms with Crippen LogP contribution in [0.3, 0.4) is 0 Å². The van der Waals surface area contributed by atoms with E-state index in [0.29, 0.717) is 0 Å². The largest absolute Gasteiger partial charge is 0.0844 e. The zero-order valence-corrected chi connectivity index (χ0v) is 7.07. The van der Waals surface area contributed by atoms with Crippen LogP contribution in [0.15, 0.2) is 34.4 Å². The molecule has 1 rings (SSSR count). The summed E-state index contributed by atoms with van der Waals surface area (Å²) in [5.41, 5.74) is 2.47. The van der Waals surface area contributed by atoms with E-state index in [-0.39, 0.29) is 0 Å². The van der Waals surface area contributed by atoms with Crippen molar-refractivity contribution in [2.45, 2.75) is 20.3 Å². The summed E-state index contributed by atoms with van der Waals surface area (Å²) < 4.78 is 0. The van der Waals surface area contributed by atoms with Crippen molar-refractivity contribution in [2.24, 2.45) is 0 Å². The van der Waals surface area contributed by atoms with E-state index < -0.39 is 0 Å². The third-order valence-electron chi connectivity index (χ3n) is 1.57. The topological polar surface area (TPSA) is 0 Å².